The van der Waals surface area contributed by atoms with Crippen LogP contribution in [-0.2, 0) is 30.6 Å². The Balaban J connectivity index is 1.51. The summed E-state index contributed by atoms with van der Waals surface area (Å²) in [6.45, 7) is 2.28. The Bertz CT molecular complexity index is 1180. The molecule has 1 aliphatic heterocycles. The number of fused-ring (bicyclic) bond motifs is 1. The molecule has 1 aliphatic rings. The van der Waals surface area contributed by atoms with E-state index in [1.165, 1.54) is 30.1 Å². The van der Waals surface area contributed by atoms with Crippen LogP contribution in [0.2, 0.25) is 0 Å². The molecule has 0 N–H and O–H groups in total. The number of amides is 1. The van der Waals surface area contributed by atoms with Crippen LogP contribution in [0.25, 0.3) is 11.1 Å². The maximum absolute atomic E-state index is 13.0. The molecule has 2 aromatic carbocycles. The van der Waals surface area contributed by atoms with Crippen LogP contribution in [0.4, 0.5) is 13.2 Å². The zero-order valence-corrected chi connectivity index (χ0v) is 15.9. The van der Waals surface area contributed by atoms with Gasteiger partial charge in [-0.3, -0.25) is 4.79 Å². The van der Waals surface area contributed by atoms with Crippen LogP contribution >= 0.6 is 0 Å². The van der Waals surface area contributed by atoms with Gasteiger partial charge in [-0.25, -0.2) is 9.67 Å². The van der Waals surface area contributed by atoms with Crippen LogP contribution in [0.1, 0.15) is 28.1 Å². The third-order valence-electron chi connectivity index (χ3n) is 5.08. The summed E-state index contributed by atoms with van der Waals surface area (Å²) in [4.78, 5) is 18.0. The topological polar surface area (TPSA) is 74.8 Å². The minimum atomic E-state index is -4.38. The van der Waals surface area contributed by atoms with Crippen LogP contribution in [0.5, 0.6) is 0 Å². The first-order valence-electron chi connectivity index (χ1n) is 9.12. The van der Waals surface area contributed by atoms with E-state index in [2.05, 4.69) is 10.1 Å². The molecule has 0 spiro atoms. The van der Waals surface area contributed by atoms with Crippen LogP contribution in [0.15, 0.2) is 42.7 Å². The smallest absolute Gasteiger partial charge is 0.332 e. The van der Waals surface area contributed by atoms with Gasteiger partial charge in [-0.05, 0) is 46.9 Å². The van der Waals surface area contributed by atoms with Gasteiger partial charge >= 0.3 is 6.18 Å². The van der Waals surface area contributed by atoms with Gasteiger partial charge in [-0.15, -0.1) is 5.10 Å². The SMILES string of the molecule is Cc1cc(-c2ccc3c(c2)CN(C(=O)Cn2cnc(C#N)n2)C3)ccc1C(F)(F)F. The van der Waals surface area contributed by atoms with Gasteiger partial charge in [0.1, 0.15) is 18.9 Å². The molecular weight excluding hydrogens is 395 g/mol. The standard InChI is InChI=1S/C21H16F3N5O/c1-13-6-14(4-5-18(13)21(22,23)24)15-2-3-16-9-28(10-17(16)7-15)20(30)11-29-12-26-19(8-25)27-29/h2-7,12H,9-11H2,1H3. The van der Waals surface area contributed by atoms with Crippen molar-refractivity contribution < 1.29 is 18.0 Å². The van der Waals surface area contributed by atoms with E-state index in [-0.39, 0.29) is 23.8 Å². The molecule has 0 bridgehead atoms. The summed E-state index contributed by atoms with van der Waals surface area (Å²) >= 11 is 0. The number of benzene rings is 2. The van der Waals surface area contributed by atoms with Crippen molar-refractivity contribution in [2.45, 2.75) is 32.7 Å². The van der Waals surface area contributed by atoms with Crippen LogP contribution < -0.4 is 0 Å². The second-order valence-corrected chi connectivity index (χ2v) is 7.14. The van der Waals surface area contributed by atoms with Gasteiger partial charge in [-0.1, -0.05) is 24.3 Å². The Labute approximate surface area is 170 Å². The van der Waals surface area contributed by atoms with Gasteiger partial charge in [0, 0.05) is 13.1 Å². The Morgan fingerprint density at radius 3 is 2.50 bits per heavy atom. The van der Waals surface area contributed by atoms with Gasteiger partial charge in [-0.2, -0.15) is 18.4 Å². The van der Waals surface area contributed by atoms with E-state index >= 15 is 0 Å². The largest absolute Gasteiger partial charge is 0.416 e. The molecule has 3 aromatic rings. The zero-order chi connectivity index (χ0) is 21.5. The molecule has 6 nitrogen and oxygen atoms in total. The number of carbonyl (C=O) groups is 1. The Kier molecular flexibility index (Phi) is 4.78. The molecule has 4 rings (SSSR count). The summed E-state index contributed by atoms with van der Waals surface area (Å²) in [6.07, 6.45) is -3.04. The Hall–Kier alpha value is -3.67. The normalized spacial score (nSPS) is 13.2. The summed E-state index contributed by atoms with van der Waals surface area (Å²) in [7, 11) is 0. The molecule has 0 atom stereocenters. The average Bonchev–Trinajstić information content (AvgIpc) is 3.32. The van der Waals surface area contributed by atoms with Crippen molar-refractivity contribution in [2.24, 2.45) is 0 Å². The van der Waals surface area contributed by atoms with Crippen molar-refractivity contribution in [2.75, 3.05) is 0 Å². The molecule has 0 radical (unpaired) electrons. The Morgan fingerprint density at radius 1 is 1.13 bits per heavy atom. The van der Waals surface area contributed by atoms with Crippen LogP contribution in [-0.4, -0.2) is 25.6 Å². The average molecular weight is 411 g/mol. The number of nitriles is 1. The number of halogens is 3. The summed E-state index contributed by atoms with van der Waals surface area (Å²) in [5, 5.41) is 12.7. The van der Waals surface area contributed by atoms with E-state index in [0.717, 1.165) is 22.8 Å². The first-order valence-corrected chi connectivity index (χ1v) is 9.12. The molecule has 2 heterocycles. The van der Waals surface area contributed by atoms with Crippen molar-refractivity contribution in [3.8, 4) is 17.2 Å². The molecule has 1 amide bonds. The lowest BCUT2D eigenvalue weighted by atomic mass is 9.97. The second-order valence-electron chi connectivity index (χ2n) is 7.14. The summed E-state index contributed by atoms with van der Waals surface area (Å²) in [5.41, 5.74) is 2.97. The molecule has 1 aromatic heterocycles. The fourth-order valence-corrected chi connectivity index (χ4v) is 3.57. The van der Waals surface area contributed by atoms with E-state index in [9.17, 15) is 18.0 Å². The van der Waals surface area contributed by atoms with E-state index in [1.807, 2.05) is 24.3 Å². The molecule has 152 valence electrons. The molecule has 0 aliphatic carbocycles. The predicted molar refractivity (Wildman–Crippen MR) is 101 cm³/mol. The fourth-order valence-electron chi connectivity index (χ4n) is 3.57. The number of alkyl halides is 3. The first kappa shape index (κ1) is 19.6. The third-order valence-corrected chi connectivity index (χ3v) is 5.08. The summed E-state index contributed by atoms with van der Waals surface area (Å²) in [6, 6.07) is 11.6. The van der Waals surface area contributed by atoms with E-state index in [1.54, 1.807) is 4.90 Å². The summed E-state index contributed by atoms with van der Waals surface area (Å²) in [5.74, 6) is -0.156. The molecule has 0 saturated carbocycles. The van der Waals surface area contributed by atoms with Gasteiger partial charge < -0.3 is 4.90 Å². The number of hydrogen-bond donors (Lipinski definition) is 0. The molecule has 9 heteroatoms. The van der Waals surface area contributed by atoms with Crippen LogP contribution in [0.3, 0.4) is 0 Å². The number of rotatable bonds is 3. The lowest BCUT2D eigenvalue weighted by Gasteiger charge is -2.14. The van der Waals surface area contributed by atoms with Crippen molar-refractivity contribution >= 4 is 5.91 Å². The number of hydrogen-bond acceptors (Lipinski definition) is 4. The fraction of sp³-hybridized carbons (Fsp3) is 0.238. The van der Waals surface area contributed by atoms with Gasteiger partial charge in [0.25, 0.3) is 5.82 Å². The lowest BCUT2D eigenvalue weighted by molar-refractivity contribution is -0.138. The summed E-state index contributed by atoms with van der Waals surface area (Å²) < 4.78 is 40.3. The quantitative estimate of drug-likeness (QED) is 0.659. The predicted octanol–water partition coefficient (Wildman–Crippen LogP) is 3.69. The van der Waals surface area contributed by atoms with Gasteiger partial charge in [0.15, 0.2) is 0 Å². The van der Waals surface area contributed by atoms with Crippen molar-refractivity contribution in [1.82, 2.24) is 19.7 Å². The molecule has 30 heavy (non-hydrogen) atoms. The minimum Gasteiger partial charge on any atom is -0.332 e. The number of aromatic nitrogens is 3. The highest BCUT2D eigenvalue weighted by Gasteiger charge is 2.32. The third kappa shape index (κ3) is 3.76. The molecule has 0 saturated heterocycles. The molecule has 0 unspecified atom stereocenters. The highest BCUT2D eigenvalue weighted by Crippen LogP contribution is 2.35. The number of aryl methyl sites for hydroxylation is 1. The maximum Gasteiger partial charge on any atom is 0.416 e. The minimum absolute atomic E-state index is 0.00369. The van der Waals surface area contributed by atoms with Gasteiger partial charge in [0.2, 0.25) is 5.91 Å². The van der Waals surface area contributed by atoms with Crippen LogP contribution in [0, 0.1) is 18.3 Å². The lowest BCUT2D eigenvalue weighted by Crippen LogP contribution is -2.29. The molecular formula is C21H16F3N5O. The van der Waals surface area contributed by atoms with E-state index < -0.39 is 11.7 Å². The Morgan fingerprint density at radius 2 is 1.83 bits per heavy atom. The second kappa shape index (κ2) is 7.30. The van der Waals surface area contributed by atoms with Gasteiger partial charge in [0.05, 0.1) is 5.56 Å². The first-order chi connectivity index (χ1) is 14.2. The van der Waals surface area contributed by atoms with Crippen molar-refractivity contribution in [3.63, 3.8) is 0 Å². The van der Waals surface area contributed by atoms with E-state index in [0.29, 0.717) is 18.7 Å². The number of nitrogens with zero attached hydrogens (tertiary/aromatic N) is 5. The monoisotopic (exact) mass is 411 g/mol. The van der Waals surface area contributed by atoms with Crippen molar-refractivity contribution in [3.05, 3.63) is 70.8 Å². The zero-order valence-electron chi connectivity index (χ0n) is 15.9. The highest BCUT2D eigenvalue weighted by molar-refractivity contribution is 5.77. The van der Waals surface area contributed by atoms with E-state index in [4.69, 9.17) is 5.26 Å². The highest BCUT2D eigenvalue weighted by atomic mass is 19.4. The molecule has 0 fully saturated rings. The maximum atomic E-state index is 13.0. The number of carbonyl (C=O) groups excluding carboxylic acids is 1. The van der Waals surface area contributed by atoms with Crippen molar-refractivity contribution in [1.29, 1.82) is 5.26 Å².